The monoisotopic (exact) mass is 367 g/mol. The minimum absolute atomic E-state index is 0.0173. The van der Waals surface area contributed by atoms with Crippen LogP contribution in [0.15, 0.2) is 11.4 Å². The molecule has 0 aliphatic rings. The number of halogens is 1. The highest BCUT2D eigenvalue weighted by Crippen LogP contribution is 2.20. The number of nitrogens with zero attached hydrogens (tertiary/aromatic N) is 1. The Morgan fingerprint density at radius 2 is 2.18 bits per heavy atom. The van der Waals surface area contributed by atoms with E-state index in [2.05, 4.69) is 36.4 Å². The molecule has 5 heteroatoms. The van der Waals surface area contributed by atoms with Crippen LogP contribution in [0.2, 0.25) is 0 Å². The Morgan fingerprint density at radius 1 is 1.53 bits per heavy atom. The molecule has 1 aromatic heterocycles. The molecule has 0 spiro atoms. The lowest BCUT2D eigenvalue weighted by atomic mass is 10.1. The summed E-state index contributed by atoms with van der Waals surface area (Å²) < 4.78 is 1.11. The Morgan fingerprint density at radius 3 is 2.59 bits per heavy atom. The minimum Gasteiger partial charge on any atom is -0.395 e. The van der Waals surface area contributed by atoms with Crippen LogP contribution in [0.25, 0.3) is 0 Å². The topological polar surface area (TPSA) is 40.5 Å². The van der Waals surface area contributed by atoms with Crippen LogP contribution in [-0.2, 0) is 0 Å². The number of carbonyl (C=O) groups excluding carboxylic acids is 1. The maximum atomic E-state index is 12.3. The smallest absolute Gasteiger partial charge is 0.255 e. The van der Waals surface area contributed by atoms with Crippen LogP contribution in [0, 0.1) is 2.88 Å². The number of amides is 1. The van der Waals surface area contributed by atoms with Gasteiger partial charge in [0.15, 0.2) is 0 Å². The van der Waals surface area contributed by atoms with E-state index < -0.39 is 0 Å². The summed E-state index contributed by atoms with van der Waals surface area (Å²) in [5.74, 6) is 0.0342. The Bertz CT molecular complexity index is 363. The van der Waals surface area contributed by atoms with Crippen molar-refractivity contribution in [2.75, 3.05) is 13.2 Å². The lowest BCUT2D eigenvalue weighted by Gasteiger charge is -2.29. The number of hydrogen-bond donors (Lipinski definition) is 1. The van der Waals surface area contributed by atoms with E-state index >= 15 is 0 Å². The number of aliphatic hydroxyl groups excluding tert-OH is 1. The van der Waals surface area contributed by atoms with Crippen molar-refractivity contribution in [3.05, 3.63) is 19.9 Å². The molecule has 0 unspecified atom stereocenters. The lowest BCUT2D eigenvalue weighted by Crippen LogP contribution is -2.41. The summed E-state index contributed by atoms with van der Waals surface area (Å²) >= 11 is 3.78. The standard InChI is InChI=1S/C12H18INO2S/c1-3-10(4-2)14(5-6-15)12(16)9-7-11(13)17-8-9/h7-8,10,15H,3-6H2,1-2H3. The van der Waals surface area contributed by atoms with E-state index in [0.717, 1.165) is 21.3 Å². The summed E-state index contributed by atoms with van der Waals surface area (Å²) in [7, 11) is 0. The zero-order valence-electron chi connectivity index (χ0n) is 10.1. The molecular formula is C12H18INO2S. The molecule has 0 saturated heterocycles. The highest BCUT2D eigenvalue weighted by atomic mass is 127. The molecule has 0 saturated carbocycles. The SMILES string of the molecule is CCC(CC)N(CCO)C(=O)c1csc(I)c1. The molecule has 1 amide bonds. The Labute approximate surface area is 120 Å². The van der Waals surface area contributed by atoms with E-state index in [0.29, 0.717) is 6.54 Å². The molecule has 0 radical (unpaired) electrons. The van der Waals surface area contributed by atoms with Crippen molar-refractivity contribution in [2.45, 2.75) is 32.7 Å². The van der Waals surface area contributed by atoms with Gasteiger partial charge in [0, 0.05) is 18.0 Å². The van der Waals surface area contributed by atoms with Crippen LogP contribution in [0.3, 0.4) is 0 Å². The molecule has 1 N–H and O–H groups in total. The second-order valence-electron chi connectivity index (χ2n) is 3.83. The van der Waals surface area contributed by atoms with Crippen LogP contribution >= 0.6 is 33.9 Å². The molecule has 0 atom stereocenters. The van der Waals surface area contributed by atoms with Crippen LogP contribution in [0.1, 0.15) is 37.0 Å². The molecule has 1 heterocycles. The van der Waals surface area contributed by atoms with Gasteiger partial charge in [-0.3, -0.25) is 4.79 Å². The normalized spacial score (nSPS) is 10.9. The zero-order valence-corrected chi connectivity index (χ0v) is 13.1. The highest BCUT2D eigenvalue weighted by molar-refractivity contribution is 14.1. The molecule has 0 fully saturated rings. The van der Waals surface area contributed by atoms with Gasteiger partial charge >= 0.3 is 0 Å². The molecule has 0 bridgehead atoms. The summed E-state index contributed by atoms with van der Waals surface area (Å²) in [6.07, 6.45) is 1.84. The largest absolute Gasteiger partial charge is 0.395 e. The third kappa shape index (κ3) is 3.93. The number of carbonyl (C=O) groups is 1. The fraction of sp³-hybridized carbons (Fsp3) is 0.583. The van der Waals surface area contributed by atoms with Gasteiger partial charge < -0.3 is 10.0 Å². The van der Waals surface area contributed by atoms with Crippen LogP contribution in [0.5, 0.6) is 0 Å². The predicted molar refractivity (Wildman–Crippen MR) is 79.5 cm³/mol. The summed E-state index contributed by atoms with van der Waals surface area (Å²) in [6, 6.07) is 2.12. The van der Waals surface area contributed by atoms with Gasteiger partial charge in [0.05, 0.1) is 15.1 Å². The molecule has 1 rings (SSSR count). The van der Waals surface area contributed by atoms with Crippen molar-refractivity contribution >= 4 is 39.8 Å². The van der Waals surface area contributed by atoms with Crippen LogP contribution < -0.4 is 0 Å². The average Bonchev–Trinajstić information content (AvgIpc) is 2.75. The second-order valence-corrected chi connectivity index (χ2v) is 6.64. The number of thiophene rings is 1. The molecule has 3 nitrogen and oxygen atoms in total. The molecule has 0 aliphatic heterocycles. The molecule has 17 heavy (non-hydrogen) atoms. The van der Waals surface area contributed by atoms with Crippen LogP contribution in [-0.4, -0.2) is 35.1 Å². The highest BCUT2D eigenvalue weighted by Gasteiger charge is 2.22. The van der Waals surface area contributed by atoms with Gasteiger partial charge in [-0.15, -0.1) is 11.3 Å². The van der Waals surface area contributed by atoms with Gasteiger partial charge in [-0.2, -0.15) is 0 Å². The van der Waals surface area contributed by atoms with E-state index in [-0.39, 0.29) is 18.6 Å². The van der Waals surface area contributed by atoms with E-state index in [9.17, 15) is 4.79 Å². The zero-order chi connectivity index (χ0) is 12.8. The van der Waals surface area contributed by atoms with Gasteiger partial charge in [-0.05, 0) is 41.5 Å². The summed E-state index contributed by atoms with van der Waals surface area (Å²) in [4.78, 5) is 14.1. The summed E-state index contributed by atoms with van der Waals surface area (Å²) in [5.41, 5.74) is 0.736. The number of aliphatic hydroxyl groups is 1. The maximum absolute atomic E-state index is 12.3. The van der Waals surface area contributed by atoms with Gasteiger partial charge in [0.25, 0.3) is 5.91 Å². The summed E-state index contributed by atoms with van der Waals surface area (Å²) in [5, 5.41) is 11.0. The third-order valence-corrected chi connectivity index (χ3v) is 4.59. The fourth-order valence-electron chi connectivity index (χ4n) is 1.88. The van der Waals surface area contributed by atoms with Crippen molar-refractivity contribution in [2.24, 2.45) is 0 Å². The van der Waals surface area contributed by atoms with E-state index in [1.54, 1.807) is 16.2 Å². The minimum atomic E-state index is 0.0173. The van der Waals surface area contributed by atoms with E-state index in [1.807, 2.05) is 11.4 Å². The maximum Gasteiger partial charge on any atom is 0.255 e. The molecule has 0 aliphatic carbocycles. The fourth-order valence-corrected chi connectivity index (χ4v) is 3.20. The second kappa shape index (κ2) is 7.33. The van der Waals surface area contributed by atoms with Crippen LogP contribution in [0.4, 0.5) is 0 Å². The van der Waals surface area contributed by atoms with E-state index in [4.69, 9.17) is 5.11 Å². The molecule has 96 valence electrons. The van der Waals surface area contributed by atoms with Crippen molar-refractivity contribution in [3.63, 3.8) is 0 Å². The molecule has 0 aromatic carbocycles. The quantitative estimate of drug-likeness (QED) is 0.786. The first-order valence-corrected chi connectivity index (χ1v) is 7.75. The predicted octanol–water partition coefficient (Wildman–Crippen LogP) is 2.98. The first-order valence-electron chi connectivity index (χ1n) is 5.79. The molecular weight excluding hydrogens is 349 g/mol. The van der Waals surface area contributed by atoms with Gasteiger partial charge in [-0.1, -0.05) is 13.8 Å². The first-order chi connectivity index (χ1) is 8.13. The van der Waals surface area contributed by atoms with Crippen molar-refractivity contribution < 1.29 is 9.90 Å². The number of hydrogen-bond acceptors (Lipinski definition) is 3. The Kier molecular flexibility index (Phi) is 6.43. The van der Waals surface area contributed by atoms with Crippen molar-refractivity contribution in [3.8, 4) is 0 Å². The first kappa shape index (κ1) is 14.9. The van der Waals surface area contributed by atoms with Crippen molar-refractivity contribution in [1.29, 1.82) is 0 Å². The van der Waals surface area contributed by atoms with Gasteiger partial charge in [0.2, 0.25) is 0 Å². The lowest BCUT2D eigenvalue weighted by molar-refractivity contribution is 0.0623. The summed E-state index contributed by atoms with van der Waals surface area (Å²) in [6.45, 7) is 4.58. The average molecular weight is 367 g/mol. The number of rotatable bonds is 6. The third-order valence-electron chi connectivity index (χ3n) is 2.80. The Balaban J connectivity index is 2.86. The molecule has 1 aromatic rings. The van der Waals surface area contributed by atoms with Crippen molar-refractivity contribution in [1.82, 2.24) is 4.90 Å². The van der Waals surface area contributed by atoms with Gasteiger partial charge in [-0.25, -0.2) is 0 Å². The van der Waals surface area contributed by atoms with E-state index in [1.165, 1.54) is 0 Å². The van der Waals surface area contributed by atoms with Gasteiger partial charge in [0.1, 0.15) is 0 Å². The Hall–Kier alpha value is -0.140.